The highest BCUT2D eigenvalue weighted by molar-refractivity contribution is 6.99. The van der Waals surface area contributed by atoms with Crippen LogP contribution in [0.3, 0.4) is 0 Å². The van der Waals surface area contributed by atoms with Gasteiger partial charge in [-0.2, -0.15) is 0 Å². The Morgan fingerprint density at radius 1 is 0.773 bits per heavy atom. The molecule has 3 aromatic carbocycles. The minimum absolute atomic E-state index is 0.178. The van der Waals surface area contributed by atoms with E-state index in [1.807, 2.05) is 30.3 Å². The minimum atomic E-state index is -2.79. The molecule has 1 N–H and O–H groups in total. The number of ether oxygens (including phenoxy) is 2. The van der Waals surface area contributed by atoms with Gasteiger partial charge in [-0.15, -0.1) is 0 Å². The summed E-state index contributed by atoms with van der Waals surface area (Å²) in [5.41, 5.74) is -0.703. The number of amides is 1. The molecule has 0 radical (unpaired) electrons. The fourth-order valence-corrected chi connectivity index (χ4v) is 12.9. The first-order valence-electron chi connectivity index (χ1n) is 15.2. The molecule has 44 heavy (non-hydrogen) atoms. The van der Waals surface area contributed by atoms with Crippen molar-refractivity contribution in [1.29, 1.82) is 0 Å². The van der Waals surface area contributed by atoms with Crippen LogP contribution in [-0.4, -0.2) is 53.8 Å². The van der Waals surface area contributed by atoms with E-state index in [0.29, 0.717) is 6.61 Å². The fourth-order valence-electron chi connectivity index (χ4n) is 5.67. The summed E-state index contributed by atoms with van der Waals surface area (Å²) < 4.78 is 17.8. The lowest BCUT2D eigenvalue weighted by molar-refractivity contribution is -0.143. The van der Waals surface area contributed by atoms with E-state index in [2.05, 4.69) is 106 Å². The Morgan fingerprint density at radius 2 is 1.23 bits per heavy atom. The summed E-state index contributed by atoms with van der Waals surface area (Å²) in [6, 6.07) is 30.5. The van der Waals surface area contributed by atoms with Gasteiger partial charge in [-0.1, -0.05) is 141 Å². The highest BCUT2D eigenvalue weighted by Crippen LogP contribution is 2.37. The number of rotatable bonds is 11. The van der Waals surface area contributed by atoms with Crippen LogP contribution in [0, 0.1) is 0 Å². The number of carbonyl (C=O) groups excluding carboxylic acids is 2. The van der Waals surface area contributed by atoms with Crippen LogP contribution < -0.4 is 20.9 Å². The predicted octanol–water partition coefficient (Wildman–Crippen LogP) is 6.10. The Kier molecular flexibility index (Phi) is 11.6. The summed E-state index contributed by atoms with van der Waals surface area (Å²) >= 11 is 0. The van der Waals surface area contributed by atoms with Crippen molar-refractivity contribution >= 4 is 44.0 Å². The molecule has 0 saturated heterocycles. The second-order valence-electron chi connectivity index (χ2n) is 13.6. The van der Waals surface area contributed by atoms with Crippen molar-refractivity contribution in [2.45, 2.75) is 77.7 Å². The highest BCUT2D eigenvalue weighted by Gasteiger charge is 2.50. The van der Waals surface area contributed by atoms with Crippen molar-refractivity contribution in [2.75, 3.05) is 13.7 Å². The smallest absolute Gasteiger partial charge is 0.408 e. The molecular formula is C36H49NO5Si2. The van der Waals surface area contributed by atoms with Crippen molar-refractivity contribution in [2.24, 2.45) is 0 Å². The molecule has 3 aromatic rings. The lowest BCUT2D eigenvalue weighted by Crippen LogP contribution is -2.66. The Morgan fingerprint density at radius 3 is 1.64 bits per heavy atom. The van der Waals surface area contributed by atoms with E-state index in [1.165, 1.54) is 22.7 Å². The Bertz CT molecular complexity index is 1360. The number of hydrogen-bond acceptors (Lipinski definition) is 5. The number of alkyl carbamates (subject to hydrolysis) is 1. The van der Waals surface area contributed by atoms with Crippen LogP contribution in [0.5, 0.6) is 0 Å². The van der Waals surface area contributed by atoms with Crippen LogP contribution in [0.25, 0.3) is 0 Å². The average Bonchev–Trinajstić information content (AvgIpc) is 2.97. The summed E-state index contributed by atoms with van der Waals surface area (Å²) in [4.78, 5) is 25.8. The number of nitrogens with one attached hydrogen (secondary N) is 1. The van der Waals surface area contributed by atoms with Crippen molar-refractivity contribution in [3.8, 4) is 0 Å². The summed E-state index contributed by atoms with van der Waals surface area (Å²) in [5, 5.41) is 7.30. The monoisotopic (exact) mass is 631 g/mol. The lowest BCUT2D eigenvalue weighted by atomic mass is 10.2. The molecule has 0 heterocycles. The molecule has 1 atom stereocenters. The third-order valence-corrected chi connectivity index (χ3v) is 16.7. The molecule has 0 aliphatic heterocycles. The maximum absolute atomic E-state index is 13.0. The summed E-state index contributed by atoms with van der Waals surface area (Å²) in [6.45, 7) is 17.0. The van der Waals surface area contributed by atoms with Gasteiger partial charge in [0.25, 0.3) is 8.32 Å². The topological polar surface area (TPSA) is 73.9 Å². The van der Waals surface area contributed by atoms with Crippen LogP contribution in [0.4, 0.5) is 4.79 Å². The Balaban J connectivity index is 2.10. The summed E-state index contributed by atoms with van der Waals surface area (Å²) in [7, 11) is -3.78. The molecular weight excluding hydrogens is 583 g/mol. The molecule has 0 saturated carbocycles. The summed E-state index contributed by atoms with van der Waals surface area (Å²) in [5.74, 6) is -0.521. The molecule has 0 aromatic heterocycles. The van der Waals surface area contributed by atoms with Gasteiger partial charge < -0.3 is 19.2 Å². The quantitative estimate of drug-likeness (QED) is 0.205. The summed E-state index contributed by atoms with van der Waals surface area (Å²) in [6.07, 6.45) is 1.77. The molecule has 0 fully saturated rings. The van der Waals surface area contributed by atoms with Crippen LogP contribution in [0.15, 0.2) is 102 Å². The normalized spacial score (nSPS) is 13.6. The first-order valence-corrected chi connectivity index (χ1v) is 20.1. The Labute approximate surface area is 266 Å². The molecule has 8 heteroatoms. The second kappa shape index (κ2) is 14.5. The first kappa shape index (κ1) is 35.0. The second-order valence-corrected chi connectivity index (χ2v) is 22.4. The van der Waals surface area contributed by atoms with Crippen LogP contribution in [-0.2, 0) is 18.7 Å². The van der Waals surface area contributed by atoms with E-state index >= 15 is 0 Å². The van der Waals surface area contributed by atoms with E-state index in [1.54, 1.807) is 20.8 Å². The van der Waals surface area contributed by atoms with Crippen molar-refractivity contribution in [3.05, 3.63) is 102 Å². The standard InChI is InChI=1S/C36H49NO5Si2/c1-35(2,3)42-34(39)37-32(33(38)40-7)27-31(43(8,9)28-19-13-10-14-20-28)25-26-41-44(36(4,5)6,29-21-15-11-16-22-29)30-23-17-12-18-24-30/h10-25,32H,26-27H2,1-9H3,(H,37,39)/b31-25+/t32-/m1/s1. The van der Waals surface area contributed by atoms with E-state index in [-0.39, 0.29) is 11.5 Å². The maximum Gasteiger partial charge on any atom is 0.408 e. The van der Waals surface area contributed by atoms with Gasteiger partial charge in [-0.25, -0.2) is 9.59 Å². The molecule has 0 spiro atoms. The average molecular weight is 632 g/mol. The third-order valence-electron chi connectivity index (χ3n) is 7.95. The molecule has 0 aliphatic rings. The Hall–Kier alpha value is -3.47. The molecule has 3 rings (SSSR count). The zero-order valence-corrected chi connectivity index (χ0v) is 29.8. The van der Waals surface area contributed by atoms with Gasteiger partial charge in [0, 0.05) is 0 Å². The molecule has 236 valence electrons. The van der Waals surface area contributed by atoms with Gasteiger partial charge in [0.1, 0.15) is 19.7 Å². The number of carbonyl (C=O) groups is 2. The fraction of sp³-hybridized carbons (Fsp3) is 0.389. The zero-order chi connectivity index (χ0) is 32.6. The van der Waals surface area contributed by atoms with Gasteiger partial charge in [0.05, 0.1) is 13.7 Å². The predicted molar refractivity (Wildman–Crippen MR) is 185 cm³/mol. The molecule has 6 nitrogen and oxygen atoms in total. The van der Waals surface area contributed by atoms with Gasteiger partial charge in [0.15, 0.2) is 0 Å². The van der Waals surface area contributed by atoms with E-state index in [0.717, 1.165) is 5.20 Å². The molecule has 0 aliphatic carbocycles. The van der Waals surface area contributed by atoms with Crippen molar-refractivity contribution in [3.63, 3.8) is 0 Å². The van der Waals surface area contributed by atoms with Crippen LogP contribution >= 0.6 is 0 Å². The van der Waals surface area contributed by atoms with Crippen LogP contribution in [0.2, 0.25) is 18.1 Å². The van der Waals surface area contributed by atoms with E-state index in [4.69, 9.17) is 13.9 Å². The number of methoxy groups -OCH3 is 1. The van der Waals surface area contributed by atoms with E-state index < -0.39 is 40.1 Å². The van der Waals surface area contributed by atoms with Gasteiger partial charge in [-0.3, -0.25) is 0 Å². The number of esters is 1. The minimum Gasteiger partial charge on any atom is -0.467 e. The van der Waals surface area contributed by atoms with Crippen molar-refractivity contribution < 1.29 is 23.5 Å². The van der Waals surface area contributed by atoms with Crippen LogP contribution in [0.1, 0.15) is 48.0 Å². The van der Waals surface area contributed by atoms with Gasteiger partial charge in [-0.05, 0) is 42.6 Å². The zero-order valence-electron chi connectivity index (χ0n) is 27.8. The first-order chi connectivity index (χ1) is 20.6. The number of benzene rings is 3. The van der Waals surface area contributed by atoms with Crippen molar-refractivity contribution in [1.82, 2.24) is 5.32 Å². The SMILES string of the molecule is COC(=O)[C@@H](C/C(=C\CO[Si](c1ccccc1)(c1ccccc1)C(C)(C)C)[Si](C)(C)c1ccccc1)NC(=O)OC(C)(C)C. The lowest BCUT2D eigenvalue weighted by Gasteiger charge is -2.43. The highest BCUT2D eigenvalue weighted by atomic mass is 28.4. The molecule has 0 unspecified atom stereocenters. The largest absolute Gasteiger partial charge is 0.467 e. The van der Waals surface area contributed by atoms with E-state index in [9.17, 15) is 9.59 Å². The molecule has 1 amide bonds. The third kappa shape index (κ3) is 8.58. The van der Waals surface area contributed by atoms with Gasteiger partial charge in [0.2, 0.25) is 0 Å². The van der Waals surface area contributed by atoms with Gasteiger partial charge >= 0.3 is 12.1 Å². The number of hydrogen-bond donors (Lipinski definition) is 1. The molecule has 0 bridgehead atoms. The maximum atomic E-state index is 13.0.